The summed E-state index contributed by atoms with van der Waals surface area (Å²) in [7, 11) is 0. The highest BCUT2D eigenvalue weighted by Crippen LogP contribution is 2.66. The molecule has 0 unspecified atom stereocenters. The summed E-state index contributed by atoms with van der Waals surface area (Å²) in [5, 5.41) is 12.3. The number of carbonyl (C=O) groups is 4. The Kier molecular flexibility index (Phi) is 49.1. The van der Waals surface area contributed by atoms with Gasteiger partial charge in [-0.2, -0.15) is 0 Å². The highest BCUT2D eigenvalue weighted by molar-refractivity contribution is 5.80. The first kappa shape index (κ1) is 104. The van der Waals surface area contributed by atoms with Crippen molar-refractivity contribution in [2.45, 2.75) is 517 Å². The van der Waals surface area contributed by atoms with Crippen molar-refractivity contribution in [1.82, 2.24) is 21.3 Å². The molecule has 116 heavy (non-hydrogen) atoms. The molecule has 4 N–H and O–H groups in total. The predicted molar refractivity (Wildman–Crippen MR) is 503 cm³/mol. The summed E-state index contributed by atoms with van der Waals surface area (Å²) in [6, 6.07) is 1.33. The summed E-state index contributed by atoms with van der Waals surface area (Å²) in [4.78, 5) is 46.9. The van der Waals surface area contributed by atoms with Crippen molar-refractivity contribution in [3.8, 4) is 0 Å². The molecule has 0 aromatic carbocycles. The molecule has 16 saturated carbocycles. The molecule has 680 valence electrons. The lowest BCUT2D eigenvalue weighted by Gasteiger charge is -2.62. The van der Waals surface area contributed by atoms with Crippen LogP contribution in [0.3, 0.4) is 0 Å². The normalized spacial score (nSPS) is 37.2. The van der Waals surface area contributed by atoms with Crippen molar-refractivity contribution in [2.75, 3.05) is 0 Å². The van der Waals surface area contributed by atoms with Gasteiger partial charge in [-0.25, -0.2) is 0 Å². The summed E-state index contributed by atoms with van der Waals surface area (Å²) in [5.74, 6) is 21.3. The third kappa shape index (κ3) is 44.5. The maximum absolute atomic E-state index is 11.8. The minimum atomic E-state index is -0.0832. The largest absolute Gasteiger partial charge is 0.354 e. The number of hydrogen-bond acceptors (Lipinski definition) is 4. The van der Waals surface area contributed by atoms with E-state index in [-0.39, 0.29) is 29.3 Å². The maximum Gasteiger partial charge on any atom is 0.223 e. The van der Waals surface area contributed by atoms with Crippen molar-refractivity contribution in [3.05, 3.63) is 0 Å². The molecule has 4 bridgehead atoms. The van der Waals surface area contributed by atoms with E-state index in [0.29, 0.717) is 47.1 Å². The van der Waals surface area contributed by atoms with Crippen LogP contribution >= 0.6 is 0 Å². The highest BCUT2D eigenvalue weighted by atomic mass is 16.2. The Hall–Kier alpha value is -2.12. The van der Waals surface area contributed by atoms with Gasteiger partial charge in [-0.15, -0.1) is 0 Å². The molecule has 8 heteroatoms. The molecular formula is C108H204N4O4. The summed E-state index contributed by atoms with van der Waals surface area (Å²) < 4.78 is 0. The Labute approximate surface area is 724 Å². The first-order valence-electron chi connectivity index (χ1n) is 51.9. The van der Waals surface area contributed by atoms with Gasteiger partial charge in [-0.3, -0.25) is 19.2 Å². The Morgan fingerprint density at radius 3 is 0.595 bits per heavy atom. The Balaban J connectivity index is 0.000000230. The van der Waals surface area contributed by atoms with Gasteiger partial charge < -0.3 is 21.3 Å². The van der Waals surface area contributed by atoms with Crippen LogP contribution in [0.15, 0.2) is 0 Å². The lowest BCUT2D eigenvalue weighted by molar-refractivity contribution is -0.128. The molecule has 16 rings (SSSR count). The molecule has 0 atom stereocenters. The fourth-order valence-electron chi connectivity index (χ4n) is 22.0. The first-order valence-corrected chi connectivity index (χ1v) is 51.9. The molecule has 0 aliphatic heterocycles. The molecule has 0 saturated heterocycles. The minimum Gasteiger partial charge on any atom is -0.354 e. The lowest BCUT2D eigenvalue weighted by atomic mass is 9.43. The molecule has 4 amide bonds. The number of rotatable bonds is 7. The van der Waals surface area contributed by atoms with E-state index in [1.807, 2.05) is 34.6 Å². The predicted octanol–water partition coefficient (Wildman–Crippen LogP) is 30.9. The average Bonchev–Trinajstić information content (AvgIpc) is 0.799. The quantitative estimate of drug-likeness (QED) is 0.203. The number of carbonyl (C=O) groups excluding carboxylic acids is 4. The Morgan fingerprint density at radius 2 is 0.431 bits per heavy atom. The van der Waals surface area contributed by atoms with Crippen LogP contribution in [0.25, 0.3) is 0 Å². The average molecular weight is 1620 g/mol. The van der Waals surface area contributed by atoms with E-state index in [1.165, 1.54) is 238 Å². The van der Waals surface area contributed by atoms with Crippen LogP contribution in [-0.2, 0) is 19.2 Å². The molecule has 0 spiro atoms. The number of hydrogen-bond donors (Lipinski definition) is 4. The van der Waals surface area contributed by atoms with E-state index in [2.05, 4.69) is 153 Å². The van der Waals surface area contributed by atoms with Gasteiger partial charge in [-0.1, -0.05) is 286 Å². The third-order valence-electron chi connectivity index (χ3n) is 32.3. The zero-order valence-corrected chi connectivity index (χ0v) is 82.2. The van der Waals surface area contributed by atoms with Crippen LogP contribution in [0.2, 0.25) is 0 Å². The monoisotopic (exact) mass is 1620 g/mol. The van der Waals surface area contributed by atoms with Gasteiger partial charge in [0.2, 0.25) is 23.6 Å². The molecule has 16 fully saturated rings. The smallest absolute Gasteiger partial charge is 0.223 e. The van der Waals surface area contributed by atoms with Gasteiger partial charge in [0.15, 0.2) is 0 Å². The second-order valence-electron chi connectivity index (χ2n) is 47.8. The molecule has 0 radical (unpaired) electrons. The molecule has 16 aliphatic carbocycles. The SMILES string of the molecule is CC(C)(C)C12CC3CC(CC(C3)C1)C2.CC1CCC(C(=O)NC(C)(C)C)CC1.CC1CCC(C(=O)NC(C)C)CC1.CC1CCC(C(=O)NC2CC2)CC1.CC1CCC(C(=O)NC2CCC2)CC1.CC1CCC(C)CC1.CC1CCC(C)CC1.CC1CCC(C)CC1.CC1CCC(C)CC1.CC1CCC(C)CC1.CC1CCC(C)CC1. The fraction of sp³-hybridized carbons (Fsp3) is 0.963. The highest BCUT2D eigenvalue weighted by Gasteiger charge is 2.55. The topological polar surface area (TPSA) is 116 Å². The molecule has 0 aromatic rings. The van der Waals surface area contributed by atoms with E-state index >= 15 is 0 Å². The van der Waals surface area contributed by atoms with Gasteiger partial charge >= 0.3 is 0 Å². The van der Waals surface area contributed by atoms with Crippen molar-refractivity contribution in [3.63, 3.8) is 0 Å². The molecule has 0 heterocycles. The Bertz CT molecular complexity index is 2240. The summed E-state index contributed by atoms with van der Waals surface area (Å²) in [5.41, 5.74) is 1.21. The molecule has 0 aromatic heterocycles. The second-order valence-corrected chi connectivity index (χ2v) is 47.8. The van der Waals surface area contributed by atoms with Gasteiger partial charge in [0.1, 0.15) is 0 Å². The molecule has 8 nitrogen and oxygen atoms in total. The van der Waals surface area contributed by atoms with E-state index in [1.54, 1.807) is 38.5 Å². The van der Waals surface area contributed by atoms with Gasteiger partial charge in [0.25, 0.3) is 0 Å². The molecule has 16 aliphatic rings. The summed E-state index contributed by atoms with van der Waals surface area (Å²) >= 11 is 0. The van der Waals surface area contributed by atoms with Crippen molar-refractivity contribution in [2.24, 2.45) is 147 Å². The first-order chi connectivity index (χ1) is 54.7. The van der Waals surface area contributed by atoms with Crippen LogP contribution in [0.5, 0.6) is 0 Å². The van der Waals surface area contributed by atoms with Crippen LogP contribution < -0.4 is 21.3 Å². The maximum atomic E-state index is 11.8. The van der Waals surface area contributed by atoms with Gasteiger partial charge in [-0.05, 0) is 331 Å². The Morgan fingerprint density at radius 1 is 0.250 bits per heavy atom. The van der Waals surface area contributed by atoms with E-state index in [0.717, 1.165) is 169 Å². The van der Waals surface area contributed by atoms with Crippen molar-refractivity contribution < 1.29 is 19.2 Å². The standard InChI is InChI=1S/C14H24.C12H21NO.C12H23NO.C11H19NO.C11H21NO.6C8H16/c1-13(2,3)14-7-10-4-11(8-14)6-12(5-10)9-14;1-9-5-7-10(8-6-9)12(14)13-11-3-2-4-11;1-9-5-7-10(8-6-9)11(14)13-12(2,3)4;1-8-2-4-9(5-3-8)11(13)12-10-6-7-10;1-8(2)12-11(13)10-6-4-9(3)5-7-10;6*1-7-3-5-8(2)6-4-7/h10-12H,4-9H2,1-3H3;9-11H,2-8H2,1H3,(H,13,14);9-10H,5-8H2,1-4H3,(H,13,14);8-10H,2-7H2,1H3,(H,12,13);8-10H,4-7H2,1-3H3,(H,12,13);6*7-8H,3-6H2,1-2H3. The second kappa shape index (κ2) is 54.6. The van der Waals surface area contributed by atoms with Crippen molar-refractivity contribution >= 4 is 23.6 Å². The fourth-order valence-corrected chi connectivity index (χ4v) is 22.0. The van der Waals surface area contributed by atoms with Crippen LogP contribution in [0, 0.1) is 147 Å². The van der Waals surface area contributed by atoms with Crippen LogP contribution in [-0.4, -0.2) is 47.3 Å². The summed E-state index contributed by atoms with van der Waals surface area (Å²) in [6.45, 7) is 55.1. The van der Waals surface area contributed by atoms with Gasteiger partial charge in [0.05, 0.1) is 0 Å². The van der Waals surface area contributed by atoms with Crippen molar-refractivity contribution in [1.29, 1.82) is 0 Å². The van der Waals surface area contributed by atoms with Crippen LogP contribution in [0.4, 0.5) is 0 Å². The van der Waals surface area contributed by atoms with Gasteiger partial charge in [0, 0.05) is 47.3 Å². The van der Waals surface area contributed by atoms with E-state index in [4.69, 9.17) is 0 Å². The zero-order valence-electron chi connectivity index (χ0n) is 82.2. The van der Waals surface area contributed by atoms with Crippen LogP contribution in [0.1, 0.15) is 494 Å². The number of nitrogens with one attached hydrogen (secondary N) is 4. The van der Waals surface area contributed by atoms with E-state index in [9.17, 15) is 19.2 Å². The summed E-state index contributed by atoms with van der Waals surface area (Å²) in [6.07, 6.45) is 69.5. The number of amides is 4. The lowest BCUT2D eigenvalue weighted by Crippen LogP contribution is -2.51. The minimum absolute atomic E-state index is 0.0832. The third-order valence-corrected chi connectivity index (χ3v) is 32.3. The molecular weight excluding hydrogens is 1420 g/mol. The van der Waals surface area contributed by atoms with E-state index < -0.39 is 0 Å². The zero-order chi connectivity index (χ0) is 85.7.